The maximum absolute atomic E-state index is 11.9. The molecule has 0 amide bonds. The monoisotopic (exact) mass is 465 g/mol. The molecule has 1 aliphatic heterocycles. The summed E-state index contributed by atoms with van der Waals surface area (Å²) in [6.07, 6.45) is 3.74. The minimum atomic E-state index is -4.08. The molecule has 4 rings (SSSR count). The number of aliphatic imine (C=N–C) groups is 1. The van der Waals surface area contributed by atoms with Gasteiger partial charge in [0.2, 0.25) is 0 Å². The number of Topliss-reactive ketones (excluding diaryl/α,β-unsaturated/α-hetero) is 1. The summed E-state index contributed by atoms with van der Waals surface area (Å²) in [6.45, 7) is 5.95. The van der Waals surface area contributed by atoms with E-state index < -0.39 is 27.1 Å². The van der Waals surface area contributed by atoms with Gasteiger partial charge in [-0.05, 0) is 43.1 Å². The second-order valence-electron chi connectivity index (χ2n) is 9.79. The standard InChI is InChI=1S/C14H19NO2.C10H16O4S/c1-11-9-10-14(16-2,17-3)13(15-11)12-7-5-4-6-8-12;1-9(2)7-3-4-10(9,8(11)5-7)6-15(12,13)14/h4-8,13H,9-10H2,1-3H3;7H,3-6H2,1-2H3,(H,12,13,14)/t;7-,10-/m.0/s1. The van der Waals surface area contributed by atoms with Crippen LogP contribution in [0.3, 0.4) is 0 Å². The molecule has 7 nitrogen and oxygen atoms in total. The largest absolute Gasteiger partial charge is 0.351 e. The molecule has 2 fully saturated rings. The van der Waals surface area contributed by atoms with E-state index in [4.69, 9.17) is 19.0 Å². The van der Waals surface area contributed by atoms with Crippen molar-refractivity contribution < 1.29 is 27.2 Å². The molecule has 0 saturated heterocycles. The number of carbonyl (C=O) groups excluding carboxylic acids is 1. The van der Waals surface area contributed by atoms with Crippen molar-refractivity contribution in [3.63, 3.8) is 0 Å². The van der Waals surface area contributed by atoms with E-state index in [0.29, 0.717) is 12.8 Å². The molecule has 3 aliphatic rings. The maximum atomic E-state index is 11.9. The Morgan fingerprint density at radius 2 is 1.75 bits per heavy atom. The summed E-state index contributed by atoms with van der Waals surface area (Å²) < 4.78 is 42.2. The molecule has 1 N–H and O–H groups in total. The first-order chi connectivity index (χ1) is 14.9. The molecule has 0 radical (unpaired) electrons. The molecule has 0 spiro atoms. The van der Waals surface area contributed by atoms with Crippen LogP contribution in [0, 0.1) is 16.7 Å². The number of hydrogen-bond donors (Lipinski definition) is 1. The molecule has 2 saturated carbocycles. The highest BCUT2D eigenvalue weighted by Crippen LogP contribution is 2.64. The fraction of sp³-hybridized carbons (Fsp3) is 0.667. The van der Waals surface area contributed by atoms with Crippen LogP contribution in [0.25, 0.3) is 0 Å². The van der Waals surface area contributed by atoms with Crippen molar-refractivity contribution in [2.24, 2.45) is 21.7 Å². The van der Waals surface area contributed by atoms with Crippen molar-refractivity contribution in [2.45, 2.75) is 64.7 Å². The van der Waals surface area contributed by atoms with Crippen LogP contribution in [0.5, 0.6) is 0 Å². The van der Waals surface area contributed by atoms with E-state index in [-0.39, 0.29) is 23.2 Å². The lowest BCUT2D eigenvalue weighted by atomic mass is 9.70. The summed E-state index contributed by atoms with van der Waals surface area (Å²) in [5, 5.41) is 0. The highest BCUT2D eigenvalue weighted by molar-refractivity contribution is 7.85. The van der Waals surface area contributed by atoms with Gasteiger partial charge in [0.1, 0.15) is 11.8 Å². The summed E-state index contributed by atoms with van der Waals surface area (Å²) in [5.74, 6) is -0.725. The first kappa shape index (κ1) is 25.0. The molecule has 2 bridgehead atoms. The Bertz CT molecular complexity index is 967. The highest BCUT2D eigenvalue weighted by atomic mass is 32.2. The zero-order chi connectivity index (χ0) is 23.8. The number of hydrogen-bond acceptors (Lipinski definition) is 6. The van der Waals surface area contributed by atoms with Gasteiger partial charge in [0.05, 0.1) is 11.2 Å². The normalized spacial score (nSPS) is 30.4. The van der Waals surface area contributed by atoms with Gasteiger partial charge in [-0.1, -0.05) is 44.2 Å². The third-order valence-corrected chi connectivity index (χ3v) is 8.83. The fourth-order valence-corrected chi connectivity index (χ4v) is 7.07. The lowest BCUT2D eigenvalue weighted by Crippen LogP contribution is -2.42. The minimum absolute atomic E-state index is 0.0152. The van der Waals surface area contributed by atoms with E-state index in [9.17, 15) is 13.2 Å². The van der Waals surface area contributed by atoms with Gasteiger partial charge >= 0.3 is 0 Å². The number of nitrogens with zero attached hydrogens (tertiary/aromatic N) is 1. The van der Waals surface area contributed by atoms with E-state index in [1.165, 1.54) is 0 Å². The lowest BCUT2D eigenvalue weighted by molar-refractivity contribution is -0.226. The molecule has 1 aromatic carbocycles. The summed E-state index contributed by atoms with van der Waals surface area (Å²) in [4.78, 5) is 16.6. The van der Waals surface area contributed by atoms with Gasteiger partial charge < -0.3 is 9.47 Å². The van der Waals surface area contributed by atoms with Crippen molar-refractivity contribution in [2.75, 3.05) is 20.0 Å². The molecular formula is C24H35NO6S. The van der Waals surface area contributed by atoms with Gasteiger partial charge in [0.15, 0.2) is 5.79 Å². The average Bonchev–Trinajstić information content (AvgIpc) is 3.08. The van der Waals surface area contributed by atoms with Gasteiger partial charge in [0.25, 0.3) is 10.1 Å². The van der Waals surface area contributed by atoms with Gasteiger partial charge in [-0.25, -0.2) is 0 Å². The Morgan fingerprint density at radius 1 is 1.12 bits per heavy atom. The van der Waals surface area contributed by atoms with Crippen molar-refractivity contribution >= 4 is 21.6 Å². The van der Waals surface area contributed by atoms with Crippen LogP contribution in [-0.2, 0) is 24.4 Å². The molecule has 1 aromatic rings. The summed E-state index contributed by atoms with van der Waals surface area (Å²) >= 11 is 0. The SMILES string of the molecule is CC1(C)[C@H]2CC[C@]1(CS(=O)(=O)O)C(=O)C2.COC1(OC)CCC(C)=NC1c1ccccc1. The molecule has 8 heteroatoms. The van der Waals surface area contributed by atoms with Crippen LogP contribution in [-0.4, -0.2) is 50.2 Å². The van der Waals surface area contributed by atoms with Crippen LogP contribution >= 0.6 is 0 Å². The molecule has 32 heavy (non-hydrogen) atoms. The Balaban J connectivity index is 0.000000182. The number of benzene rings is 1. The minimum Gasteiger partial charge on any atom is -0.351 e. The van der Waals surface area contributed by atoms with Gasteiger partial charge in [-0.3, -0.25) is 14.3 Å². The Hall–Kier alpha value is -1.61. The first-order valence-corrected chi connectivity index (χ1v) is 12.7. The molecule has 1 heterocycles. The van der Waals surface area contributed by atoms with Crippen LogP contribution in [0.4, 0.5) is 0 Å². The van der Waals surface area contributed by atoms with Crippen LogP contribution < -0.4 is 0 Å². The summed E-state index contributed by atoms with van der Waals surface area (Å²) in [7, 11) is -0.696. The maximum Gasteiger partial charge on any atom is 0.265 e. The van der Waals surface area contributed by atoms with Gasteiger partial charge in [-0.15, -0.1) is 0 Å². The van der Waals surface area contributed by atoms with Crippen LogP contribution in [0.1, 0.15) is 64.5 Å². The quantitative estimate of drug-likeness (QED) is 0.515. The average molecular weight is 466 g/mol. The highest BCUT2D eigenvalue weighted by Gasteiger charge is 2.65. The summed E-state index contributed by atoms with van der Waals surface area (Å²) in [6, 6.07) is 10.1. The van der Waals surface area contributed by atoms with E-state index in [1.807, 2.05) is 32.0 Å². The van der Waals surface area contributed by atoms with Crippen molar-refractivity contribution in [3.8, 4) is 0 Å². The third kappa shape index (κ3) is 4.42. The van der Waals surface area contributed by atoms with Crippen molar-refractivity contribution in [1.82, 2.24) is 0 Å². The number of rotatable bonds is 5. The van der Waals surface area contributed by atoms with E-state index in [0.717, 1.165) is 30.5 Å². The molecule has 2 aliphatic carbocycles. The van der Waals surface area contributed by atoms with Gasteiger partial charge in [-0.2, -0.15) is 8.42 Å². The second-order valence-corrected chi connectivity index (χ2v) is 11.2. The Morgan fingerprint density at radius 3 is 2.22 bits per heavy atom. The molecule has 178 valence electrons. The molecular weight excluding hydrogens is 430 g/mol. The zero-order valence-electron chi connectivity index (χ0n) is 19.6. The molecule has 3 atom stereocenters. The van der Waals surface area contributed by atoms with E-state index in [2.05, 4.69) is 19.1 Å². The smallest absolute Gasteiger partial charge is 0.265 e. The third-order valence-electron chi connectivity index (χ3n) is 7.98. The zero-order valence-corrected chi connectivity index (χ0v) is 20.4. The number of carbonyl (C=O) groups is 1. The van der Waals surface area contributed by atoms with E-state index in [1.54, 1.807) is 14.2 Å². The van der Waals surface area contributed by atoms with E-state index >= 15 is 0 Å². The first-order valence-electron chi connectivity index (χ1n) is 11.1. The summed E-state index contributed by atoms with van der Waals surface area (Å²) in [5.41, 5.74) is 1.17. The number of ether oxygens (including phenoxy) is 2. The number of fused-ring (bicyclic) bond motifs is 2. The Kier molecular flexibility index (Phi) is 7.01. The Labute approximate surface area is 191 Å². The predicted molar refractivity (Wildman–Crippen MR) is 123 cm³/mol. The van der Waals surface area contributed by atoms with Crippen LogP contribution in [0.2, 0.25) is 0 Å². The predicted octanol–water partition coefficient (Wildman–Crippen LogP) is 4.24. The second kappa shape index (κ2) is 8.97. The number of ketones is 1. The van der Waals surface area contributed by atoms with Crippen LogP contribution in [0.15, 0.2) is 35.3 Å². The van der Waals surface area contributed by atoms with Crippen molar-refractivity contribution in [1.29, 1.82) is 0 Å². The molecule has 0 aromatic heterocycles. The lowest BCUT2D eigenvalue weighted by Gasteiger charge is -2.39. The topological polar surface area (TPSA) is 102 Å². The van der Waals surface area contributed by atoms with Crippen molar-refractivity contribution in [3.05, 3.63) is 35.9 Å². The number of methoxy groups -OCH3 is 2. The van der Waals surface area contributed by atoms with Gasteiger partial charge in [0, 0.05) is 32.8 Å². The fourth-order valence-electron chi connectivity index (χ4n) is 5.77. The molecule has 1 unspecified atom stereocenters.